The fourth-order valence-electron chi connectivity index (χ4n) is 2.52. The molecule has 1 saturated carbocycles. The van der Waals surface area contributed by atoms with Crippen LogP contribution in [0.2, 0.25) is 0 Å². The SMILES string of the molecule is COC(=O)c1ccc(C2(O)CCC(C)(C)C2)o1. The Balaban J connectivity index is 2.23. The van der Waals surface area contributed by atoms with Crippen LogP contribution in [0.15, 0.2) is 16.5 Å². The van der Waals surface area contributed by atoms with Gasteiger partial charge in [0.1, 0.15) is 11.4 Å². The van der Waals surface area contributed by atoms with Crippen molar-refractivity contribution in [2.24, 2.45) is 5.41 Å². The van der Waals surface area contributed by atoms with Crippen LogP contribution in [0, 0.1) is 5.41 Å². The van der Waals surface area contributed by atoms with Gasteiger partial charge in [-0.3, -0.25) is 0 Å². The summed E-state index contributed by atoms with van der Waals surface area (Å²) in [6.07, 6.45) is 2.25. The van der Waals surface area contributed by atoms with E-state index in [2.05, 4.69) is 18.6 Å². The van der Waals surface area contributed by atoms with Crippen LogP contribution in [-0.2, 0) is 10.3 Å². The maximum atomic E-state index is 11.3. The van der Waals surface area contributed by atoms with Gasteiger partial charge in [-0.1, -0.05) is 13.8 Å². The zero-order valence-electron chi connectivity index (χ0n) is 10.4. The maximum absolute atomic E-state index is 11.3. The van der Waals surface area contributed by atoms with E-state index in [0.29, 0.717) is 18.6 Å². The third-order valence-corrected chi connectivity index (χ3v) is 3.44. The molecule has 4 nitrogen and oxygen atoms in total. The topological polar surface area (TPSA) is 59.7 Å². The molecule has 0 saturated heterocycles. The van der Waals surface area contributed by atoms with Gasteiger partial charge in [-0.05, 0) is 36.8 Å². The summed E-state index contributed by atoms with van der Waals surface area (Å²) in [7, 11) is 1.30. The zero-order chi connectivity index (χ0) is 12.7. The molecule has 1 heterocycles. The minimum absolute atomic E-state index is 0.104. The molecule has 1 aromatic rings. The number of ether oxygens (including phenoxy) is 1. The number of hydrogen-bond acceptors (Lipinski definition) is 4. The lowest BCUT2D eigenvalue weighted by atomic mass is 9.88. The third kappa shape index (κ3) is 2.22. The van der Waals surface area contributed by atoms with Crippen molar-refractivity contribution in [2.75, 3.05) is 7.11 Å². The molecule has 0 amide bonds. The molecule has 94 valence electrons. The molecule has 1 aliphatic rings. The van der Waals surface area contributed by atoms with Crippen molar-refractivity contribution < 1.29 is 19.1 Å². The highest BCUT2D eigenvalue weighted by molar-refractivity contribution is 5.86. The van der Waals surface area contributed by atoms with Crippen molar-refractivity contribution in [2.45, 2.75) is 38.7 Å². The Labute approximate surface area is 101 Å². The largest absolute Gasteiger partial charge is 0.463 e. The van der Waals surface area contributed by atoms with Crippen LogP contribution in [-0.4, -0.2) is 18.2 Å². The molecule has 4 heteroatoms. The Kier molecular flexibility index (Phi) is 2.78. The predicted molar refractivity (Wildman–Crippen MR) is 61.6 cm³/mol. The summed E-state index contributed by atoms with van der Waals surface area (Å²) in [5.41, 5.74) is -0.845. The Hall–Kier alpha value is -1.29. The summed E-state index contributed by atoms with van der Waals surface area (Å²) in [5.74, 6) is 0.0845. The highest BCUT2D eigenvalue weighted by atomic mass is 16.5. The van der Waals surface area contributed by atoms with Crippen molar-refractivity contribution >= 4 is 5.97 Å². The minimum Gasteiger partial charge on any atom is -0.463 e. The molecule has 1 N–H and O–H groups in total. The highest BCUT2D eigenvalue weighted by Gasteiger charge is 2.45. The van der Waals surface area contributed by atoms with E-state index >= 15 is 0 Å². The van der Waals surface area contributed by atoms with Gasteiger partial charge in [0.2, 0.25) is 5.76 Å². The average molecular weight is 238 g/mol. The number of aliphatic hydroxyl groups is 1. The van der Waals surface area contributed by atoms with E-state index in [1.165, 1.54) is 7.11 Å². The van der Waals surface area contributed by atoms with Crippen molar-refractivity contribution in [1.82, 2.24) is 0 Å². The number of rotatable bonds is 2. The Morgan fingerprint density at radius 2 is 2.12 bits per heavy atom. The summed E-state index contributed by atoms with van der Waals surface area (Å²) < 4.78 is 9.96. The van der Waals surface area contributed by atoms with Crippen LogP contribution in [0.3, 0.4) is 0 Å². The van der Waals surface area contributed by atoms with E-state index in [1.54, 1.807) is 12.1 Å². The van der Waals surface area contributed by atoms with E-state index in [9.17, 15) is 9.90 Å². The number of hydrogen-bond donors (Lipinski definition) is 1. The first-order chi connectivity index (χ1) is 7.86. The Bertz CT molecular complexity index is 432. The molecule has 0 radical (unpaired) electrons. The van der Waals surface area contributed by atoms with Crippen molar-refractivity contribution in [3.8, 4) is 0 Å². The van der Waals surface area contributed by atoms with E-state index in [0.717, 1.165) is 6.42 Å². The molecular weight excluding hydrogens is 220 g/mol. The molecule has 0 aromatic carbocycles. The summed E-state index contributed by atoms with van der Waals surface area (Å²) in [5, 5.41) is 10.5. The zero-order valence-corrected chi connectivity index (χ0v) is 10.4. The van der Waals surface area contributed by atoms with Crippen LogP contribution in [0.25, 0.3) is 0 Å². The van der Waals surface area contributed by atoms with Gasteiger partial charge in [0.25, 0.3) is 0 Å². The van der Waals surface area contributed by atoms with E-state index in [-0.39, 0.29) is 11.2 Å². The molecule has 2 rings (SSSR count). The molecule has 1 aromatic heterocycles. The fourth-order valence-corrected chi connectivity index (χ4v) is 2.52. The van der Waals surface area contributed by atoms with Gasteiger partial charge < -0.3 is 14.3 Å². The molecule has 1 fully saturated rings. The van der Waals surface area contributed by atoms with Crippen LogP contribution >= 0.6 is 0 Å². The van der Waals surface area contributed by atoms with Gasteiger partial charge >= 0.3 is 5.97 Å². The molecule has 1 unspecified atom stereocenters. The summed E-state index contributed by atoms with van der Waals surface area (Å²) in [4.78, 5) is 11.3. The van der Waals surface area contributed by atoms with E-state index in [1.807, 2.05) is 0 Å². The van der Waals surface area contributed by atoms with Crippen molar-refractivity contribution in [1.29, 1.82) is 0 Å². The van der Waals surface area contributed by atoms with Crippen LogP contribution in [0.5, 0.6) is 0 Å². The van der Waals surface area contributed by atoms with Gasteiger partial charge in [0, 0.05) is 0 Å². The number of esters is 1. The predicted octanol–water partition coefficient (Wildman–Crippen LogP) is 2.46. The molecule has 0 spiro atoms. The second-order valence-corrected chi connectivity index (χ2v) is 5.53. The van der Waals surface area contributed by atoms with Crippen LogP contribution < -0.4 is 0 Å². The molecule has 17 heavy (non-hydrogen) atoms. The first-order valence-electron chi connectivity index (χ1n) is 5.77. The van der Waals surface area contributed by atoms with Crippen molar-refractivity contribution in [3.63, 3.8) is 0 Å². The van der Waals surface area contributed by atoms with Gasteiger partial charge in [-0.15, -0.1) is 0 Å². The lowest BCUT2D eigenvalue weighted by Crippen LogP contribution is -2.22. The smallest absolute Gasteiger partial charge is 0.373 e. The molecule has 0 aliphatic heterocycles. The molecule has 0 bridgehead atoms. The lowest BCUT2D eigenvalue weighted by Gasteiger charge is -2.22. The van der Waals surface area contributed by atoms with Crippen molar-refractivity contribution in [3.05, 3.63) is 23.7 Å². The number of methoxy groups -OCH3 is 1. The lowest BCUT2D eigenvalue weighted by molar-refractivity contribution is 0.0104. The Morgan fingerprint density at radius 3 is 2.65 bits per heavy atom. The standard InChI is InChI=1S/C13H18O4/c1-12(2)6-7-13(15,8-12)10-5-4-9(17-10)11(14)16-3/h4-5,15H,6-8H2,1-3H3. The normalized spacial score (nSPS) is 27.1. The summed E-state index contributed by atoms with van der Waals surface area (Å²) in [6.45, 7) is 4.24. The van der Waals surface area contributed by atoms with Crippen LogP contribution in [0.1, 0.15) is 49.4 Å². The summed E-state index contributed by atoms with van der Waals surface area (Å²) in [6, 6.07) is 3.21. The van der Waals surface area contributed by atoms with Gasteiger partial charge in [-0.25, -0.2) is 4.79 Å². The quantitative estimate of drug-likeness (QED) is 0.804. The number of carbonyl (C=O) groups is 1. The fraction of sp³-hybridized carbons (Fsp3) is 0.615. The molecular formula is C13H18O4. The molecule has 1 atom stereocenters. The van der Waals surface area contributed by atoms with Gasteiger partial charge in [0.15, 0.2) is 0 Å². The van der Waals surface area contributed by atoms with Gasteiger partial charge in [-0.2, -0.15) is 0 Å². The second kappa shape index (κ2) is 3.88. The number of carbonyl (C=O) groups excluding carboxylic acids is 1. The summed E-state index contributed by atoms with van der Waals surface area (Å²) >= 11 is 0. The third-order valence-electron chi connectivity index (χ3n) is 3.44. The monoisotopic (exact) mass is 238 g/mol. The maximum Gasteiger partial charge on any atom is 0.373 e. The second-order valence-electron chi connectivity index (χ2n) is 5.53. The Morgan fingerprint density at radius 1 is 1.41 bits per heavy atom. The molecule has 1 aliphatic carbocycles. The van der Waals surface area contributed by atoms with E-state index in [4.69, 9.17) is 4.42 Å². The number of furan rings is 1. The van der Waals surface area contributed by atoms with Gasteiger partial charge in [0.05, 0.1) is 7.11 Å². The first-order valence-corrected chi connectivity index (χ1v) is 5.77. The van der Waals surface area contributed by atoms with E-state index < -0.39 is 11.6 Å². The minimum atomic E-state index is -0.949. The highest BCUT2D eigenvalue weighted by Crippen LogP contribution is 2.49. The van der Waals surface area contributed by atoms with Crippen LogP contribution in [0.4, 0.5) is 0 Å². The average Bonchev–Trinajstić information content (AvgIpc) is 2.83. The first kappa shape index (κ1) is 12.2.